The number of anilines is 1. The SMILES string of the molecule is CC(=O)c1ccc(NC(=O)C2CCCCC2(C)C)cc1. The Hall–Kier alpha value is -1.64. The number of amides is 1. The van der Waals surface area contributed by atoms with E-state index in [9.17, 15) is 9.59 Å². The zero-order valence-electron chi connectivity index (χ0n) is 12.5. The molecule has 0 bridgehead atoms. The van der Waals surface area contributed by atoms with Gasteiger partial charge in [-0.15, -0.1) is 0 Å². The van der Waals surface area contributed by atoms with Crippen molar-refractivity contribution in [3.05, 3.63) is 29.8 Å². The number of carbonyl (C=O) groups excluding carboxylic acids is 2. The van der Waals surface area contributed by atoms with Crippen LogP contribution in [0.25, 0.3) is 0 Å². The molecule has 1 aromatic carbocycles. The number of hydrogen-bond acceptors (Lipinski definition) is 2. The first kappa shape index (κ1) is 14.8. The lowest BCUT2D eigenvalue weighted by atomic mass is 9.68. The third-order valence-corrected chi connectivity index (χ3v) is 4.38. The maximum atomic E-state index is 12.4. The quantitative estimate of drug-likeness (QED) is 0.845. The Morgan fingerprint density at radius 1 is 1.15 bits per heavy atom. The minimum Gasteiger partial charge on any atom is -0.326 e. The molecule has 1 unspecified atom stereocenters. The predicted octanol–water partition coefficient (Wildman–Crippen LogP) is 4.04. The van der Waals surface area contributed by atoms with E-state index < -0.39 is 0 Å². The van der Waals surface area contributed by atoms with Gasteiger partial charge in [0.1, 0.15) is 0 Å². The highest BCUT2D eigenvalue weighted by molar-refractivity contribution is 5.96. The molecule has 1 fully saturated rings. The maximum Gasteiger partial charge on any atom is 0.228 e. The molecule has 20 heavy (non-hydrogen) atoms. The van der Waals surface area contributed by atoms with E-state index in [1.165, 1.54) is 13.3 Å². The molecule has 0 spiro atoms. The molecule has 0 aliphatic heterocycles. The van der Waals surface area contributed by atoms with Crippen molar-refractivity contribution in [1.29, 1.82) is 0 Å². The van der Waals surface area contributed by atoms with Crippen molar-refractivity contribution < 1.29 is 9.59 Å². The summed E-state index contributed by atoms with van der Waals surface area (Å²) >= 11 is 0. The van der Waals surface area contributed by atoms with E-state index in [2.05, 4.69) is 19.2 Å². The summed E-state index contributed by atoms with van der Waals surface area (Å²) in [7, 11) is 0. The summed E-state index contributed by atoms with van der Waals surface area (Å²) in [6.07, 6.45) is 4.41. The van der Waals surface area contributed by atoms with Gasteiger partial charge in [0.2, 0.25) is 5.91 Å². The Kier molecular flexibility index (Phi) is 4.26. The van der Waals surface area contributed by atoms with Crippen molar-refractivity contribution in [1.82, 2.24) is 0 Å². The van der Waals surface area contributed by atoms with Crippen LogP contribution in [0.15, 0.2) is 24.3 Å². The summed E-state index contributed by atoms with van der Waals surface area (Å²) in [6, 6.07) is 7.10. The summed E-state index contributed by atoms with van der Waals surface area (Å²) in [4.78, 5) is 23.6. The van der Waals surface area contributed by atoms with Crippen molar-refractivity contribution in [3.63, 3.8) is 0 Å². The minimum atomic E-state index is 0.0382. The molecule has 0 saturated heterocycles. The highest BCUT2D eigenvalue weighted by Crippen LogP contribution is 2.41. The Bertz CT molecular complexity index is 502. The number of ketones is 1. The van der Waals surface area contributed by atoms with Gasteiger partial charge in [0.05, 0.1) is 0 Å². The molecule has 108 valence electrons. The van der Waals surface area contributed by atoms with Gasteiger partial charge < -0.3 is 5.32 Å². The Balaban J connectivity index is 2.05. The van der Waals surface area contributed by atoms with Crippen molar-refractivity contribution in [3.8, 4) is 0 Å². The van der Waals surface area contributed by atoms with Crippen molar-refractivity contribution in [2.75, 3.05) is 5.32 Å². The largest absolute Gasteiger partial charge is 0.326 e. The van der Waals surface area contributed by atoms with E-state index in [0.717, 1.165) is 24.9 Å². The third kappa shape index (κ3) is 3.27. The van der Waals surface area contributed by atoms with Gasteiger partial charge >= 0.3 is 0 Å². The lowest BCUT2D eigenvalue weighted by molar-refractivity contribution is -0.124. The van der Waals surface area contributed by atoms with Gasteiger partial charge in [-0.1, -0.05) is 26.7 Å². The monoisotopic (exact) mass is 273 g/mol. The zero-order chi connectivity index (χ0) is 14.8. The van der Waals surface area contributed by atoms with Gasteiger partial charge in [0.15, 0.2) is 5.78 Å². The molecule has 1 N–H and O–H groups in total. The zero-order valence-corrected chi connectivity index (χ0v) is 12.5. The van der Waals surface area contributed by atoms with Crippen LogP contribution in [0.5, 0.6) is 0 Å². The summed E-state index contributed by atoms with van der Waals surface area (Å²) in [5, 5.41) is 2.98. The number of benzene rings is 1. The number of Topliss-reactive ketones (excluding diaryl/α,β-unsaturated/α-hetero) is 1. The first-order valence-electron chi connectivity index (χ1n) is 7.32. The molecule has 2 rings (SSSR count). The smallest absolute Gasteiger partial charge is 0.228 e. The van der Waals surface area contributed by atoms with E-state index in [1.807, 2.05) is 0 Å². The molecule has 0 heterocycles. The van der Waals surface area contributed by atoms with Crippen molar-refractivity contribution in [2.24, 2.45) is 11.3 Å². The molecule has 1 amide bonds. The second-order valence-corrected chi connectivity index (χ2v) is 6.41. The molecule has 0 aromatic heterocycles. The van der Waals surface area contributed by atoms with Crippen LogP contribution in [-0.4, -0.2) is 11.7 Å². The molecule has 1 saturated carbocycles. The normalized spacial score (nSPS) is 21.2. The van der Waals surface area contributed by atoms with Gasteiger partial charge in [-0.2, -0.15) is 0 Å². The fraction of sp³-hybridized carbons (Fsp3) is 0.529. The van der Waals surface area contributed by atoms with Gasteiger partial charge in [0, 0.05) is 17.2 Å². The molecular weight excluding hydrogens is 250 g/mol. The van der Waals surface area contributed by atoms with E-state index in [-0.39, 0.29) is 23.0 Å². The fourth-order valence-electron chi connectivity index (χ4n) is 3.00. The molecular formula is C17H23NO2. The van der Waals surface area contributed by atoms with Gasteiger partial charge in [0.25, 0.3) is 0 Å². The first-order chi connectivity index (χ1) is 9.40. The average molecular weight is 273 g/mol. The van der Waals surface area contributed by atoms with Crippen LogP contribution in [0.1, 0.15) is 56.8 Å². The lowest BCUT2D eigenvalue weighted by Crippen LogP contribution is -2.37. The van der Waals surface area contributed by atoms with Crippen LogP contribution in [0, 0.1) is 11.3 Å². The fourth-order valence-corrected chi connectivity index (χ4v) is 3.00. The van der Waals surface area contributed by atoms with Crippen LogP contribution in [0.2, 0.25) is 0 Å². The van der Waals surface area contributed by atoms with Crippen LogP contribution in [0.4, 0.5) is 5.69 Å². The number of hydrogen-bond donors (Lipinski definition) is 1. The van der Waals surface area contributed by atoms with Gasteiger partial charge in [-0.05, 0) is 49.4 Å². The van der Waals surface area contributed by atoms with Crippen molar-refractivity contribution >= 4 is 17.4 Å². The molecule has 3 nitrogen and oxygen atoms in total. The first-order valence-corrected chi connectivity index (χ1v) is 7.32. The summed E-state index contributed by atoms with van der Waals surface area (Å²) in [5.74, 6) is 0.213. The van der Waals surface area contributed by atoms with Crippen LogP contribution in [-0.2, 0) is 4.79 Å². The lowest BCUT2D eigenvalue weighted by Gasteiger charge is -2.37. The predicted molar refractivity (Wildman–Crippen MR) is 80.8 cm³/mol. The summed E-state index contributed by atoms with van der Waals surface area (Å²) < 4.78 is 0. The standard InChI is InChI=1S/C17H23NO2/c1-12(19)13-7-9-14(10-8-13)18-16(20)15-6-4-5-11-17(15,2)3/h7-10,15H,4-6,11H2,1-3H3,(H,18,20). The van der Waals surface area contributed by atoms with E-state index in [4.69, 9.17) is 0 Å². The van der Waals surface area contributed by atoms with E-state index in [1.54, 1.807) is 24.3 Å². The molecule has 1 atom stereocenters. The number of carbonyl (C=O) groups is 2. The van der Waals surface area contributed by atoms with E-state index >= 15 is 0 Å². The third-order valence-electron chi connectivity index (χ3n) is 4.38. The second kappa shape index (κ2) is 5.78. The second-order valence-electron chi connectivity index (χ2n) is 6.41. The van der Waals surface area contributed by atoms with Crippen LogP contribution < -0.4 is 5.32 Å². The maximum absolute atomic E-state index is 12.4. The highest BCUT2D eigenvalue weighted by atomic mass is 16.2. The molecule has 3 heteroatoms. The van der Waals surface area contributed by atoms with Gasteiger partial charge in [-0.3, -0.25) is 9.59 Å². The highest BCUT2D eigenvalue weighted by Gasteiger charge is 2.37. The minimum absolute atomic E-state index is 0.0382. The molecule has 1 aliphatic carbocycles. The molecule has 0 radical (unpaired) electrons. The number of nitrogens with one attached hydrogen (secondary N) is 1. The van der Waals surface area contributed by atoms with Crippen LogP contribution >= 0.6 is 0 Å². The Morgan fingerprint density at radius 2 is 1.80 bits per heavy atom. The topological polar surface area (TPSA) is 46.2 Å². The number of rotatable bonds is 3. The van der Waals surface area contributed by atoms with E-state index in [0.29, 0.717) is 5.56 Å². The average Bonchev–Trinajstić information content (AvgIpc) is 2.38. The Morgan fingerprint density at radius 3 is 2.35 bits per heavy atom. The van der Waals surface area contributed by atoms with Gasteiger partial charge in [-0.25, -0.2) is 0 Å². The Labute approximate surface area is 120 Å². The van der Waals surface area contributed by atoms with Crippen LogP contribution in [0.3, 0.4) is 0 Å². The summed E-state index contributed by atoms with van der Waals surface area (Å²) in [5.41, 5.74) is 1.50. The summed E-state index contributed by atoms with van der Waals surface area (Å²) in [6.45, 7) is 5.89. The van der Waals surface area contributed by atoms with Crippen molar-refractivity contribution in [2.45, 2.75) is 46.5 Å². The molecule has 1 aliphatic rings. The molecule has 1 aromatic rings.